The van der Waals surface area contributed by atoms with E-state index in [-0.39, 0.29) is 45.3 Å². The molecule has 0 saturated carbocycles. The van der Waals surface area contributed by atoms with E-state index in [0.29, 0.717) is 15.0 Å². The van der Waals surface area contributed by atoms with Crippen LogP contribution >= 0.6 is 11.6 Å². The molecule has 0 aliphatic heterocycles. The van der Waals surface area contributed by atoms with E-state index >= 15 is 4.39 Å². The normalized spacial score (nSPS) is 12.6. The lowest BCUT2D eigenvalue weighted by molar-refractivity contribution is -0.615. The quantitative estimate of drug-likeness (QED) is 0.130. The van der Waals surface area contributed by atoms with E-state index in [9.17, 15) is 27.2 Å². The van der Waals surface area contributed by atoms with Gasteiger partial charge in [0.1, 0.15) is 24.4 Å². The highest BCUT2D eigenvalue weighted by atomic mass is 35.5. The van der Waals surface area contributed by atoms with E-state index in [1.165, 1.54) is 58.4 Å². The molecule has 6 rings (SSSR count). The maximum absolute atomic E-state index is 15.3. The fourth-order valence-electron chi connectivity index (χ4n) is 4.67. The molecule has 0 saturated heterocycles. The van der Waals surface area contributed by atoms with Crippen LogP contribution in [0.15, 0.2) is 73.8 Å². The van der Waals surface area contributed by atoms with Crippen LogP contribution in [0.3, 0.4) is 0 Å². The highest BCUT2D eigenvalue weighted by Crippen LogP contribution is 2.34. The van der Waals surface area contributed by atoms with Gasteiger partial charge in [0.05, 0.1) is 33.6 Å². The van der Waals surface area contributed by atoms with E-state index in [1.807, 2.05) is 0 Å². The number of hydrogen-bond acceptors (Lipinski definition) is 8. The van der Waals surface area contributed by atoms with Crippen LogP contribution < -0.4 is 4.73 Å². The van der Waals surface area contributed by atoms with Crippen molar-refractivity contribution in [3.05, 3.63) is 107 Å². The van der Waals surface area contributed by atoms with Crippen LogP contribution in [0.25, 0.3) is 28.2 Å². The molecule has 0 unspecified atom stereocenters. The monoisotopic (exact) mass is 647 g/mol. The second kappa shape index (κ2) is 11.6. The topological polar surface area (TPSA) is 132 Å². The third-order valence-corrected chi connectivity index (χ3v) is 7.02. The lowest BCUT2D eigenvalue weighted by Crippen LogP contribution is -2.36. The minimum Gasteiger partial charge on any atom is -0.618 e. The van der Waals surface area contributed by atoms with Crippen molar-refractivity contribution >= 4 is 11.6 Å². The zero-order valence-electron chi connectivity index (χ0n) is 22.3. The summed E-state index contributed by atoms with van der Waals surface area (Å²) in [6, 6.07) is 6.56. The molecule has 5 aromatic heterocycles. The van der Waals surface area contributed by atoms with Crippen molar-refractivity contribution in [2.45, 2.75) is 25.2 Å². The Morgan fingerprint density at radius 3 is 2.47 bits per heavy atom. The highest BCUT2D eigenvalue weighted by Gasteiger charge is 2.33. The molecule has 0 amide bonds. The van der Waals surface area contributed by atoms with Gasteiger partial charge in [-0.25, -0.2) is 9.37 Å². The first-order chi connectivity index (χ1) is 21.5. The number of nitrogens with zero attached hydrogens (tertiary/aromatic N) is 11. The molecule has 6 aromatic rings. The highest BCUT2D eigenvalue weighted by molar-refractivity contribution is 6.31. The Balaban J connectivity index is 1.43. The van der Waals surface area contributed by atoms with Gasteiger partial charge in [-0.15, -0.1) is 5.10 Å². The zero-order chi connectivity index (χ0) is 31.9. The van der Waals surface area contributed by atoms with Crippen LogP contribution in [0, 0.1) is 11.0 Å². The summed E-state index contributed by atoms with van der Waals surface area (Å²) in [5.41, 5.74) is -0.462. The largest absolute Gasteiger partial charge is 0.618 e. The van der Waals surface area contributed by atoms with Crippen molar-refractivity contribution in [1.82, 2.24) is 49.7 Å². The van der Waals surface area contributed by atoms with E-state index < -0.39 is 30.3 Å². The van der Waals surface area contributed by atoms with Gasteiger partial charge in [-0.1, -0.05) is 17.7 Å². The molecule has 0 radical (unpaired) electrons. The first-order valence-electron chi connectivity index (χ1n) is 12.7. The number of alkyl halides is 5. The van der Waals surface area contributed by atoms with Crippen molar-refractivity contribution in [2.75, 3.05) is 0 Å². The van der Waals surface area contributed by atoms with Gasteiger partial charge >= 0.3 is 12.7 Å². The number of hydrogen-bond donors (Lipinski definition) is 0. The van der Waals surface area contributed by atoms with Crippen molar-refractivity contribution in [2.24, 2.45) is 0 Å². The van der Waals surface area contributed by atoms with E-state index in [1.54, 1.807) is 0 Å². The fourth-order valence-corrected chi connectivity index (χ4v) is 4.83. The van der Waals surface area contributed by atoms with Gasteiger partial charge in [0.15, 0.2) is 17.8 Å². The van der Waals surface area contributed by atoms with Crippen LogP contribution in [0.2, 0.25) is 5.02 Å². The summed E-state index contributed by atoms with van der Waals surface area (Å²) in [5, 5.41) is 31.9. The molecule has 1 atom stereocenters. The predicted octanol–water partition coefficient (Wildman–Crippen LogP) is 4.85. The van der Waals surface area contributed by atoms with Crippen LogP contribution in [0.5, 0.6) is 0 Å². The summed E-state index contributed by atoms with van der Waals surface area (Å²) in [7, 11) is 0. The Kier molecular flexibility index (Phi) is 7.65. The third-order valence-electron chi connectivity index (χ3n) is 6.72. The van der Waals surface area contributed by atoms with E-state index in [4.69, 9.17) is 11.6 Å². The molecular weight excluding hydrogens is 632 g/mol. The standard InChI is InChI=1S/C26H16ClF6N11O/c27-17-3-5-19(42-13-36-39-40-42)22(23(17)28)15-2-4-18(43(45)11-15)20(7-14-1-6-21(34-8-14)26(31,32)33)41-10-16(9-37-41)24-35-12-38-44(24)25(29)30/h1-6,8-13,20,25H,7H2/t20-/m0/s1. The molecule has 12 nitrogen and oxygen atoms in total. The molecular formula is C26H16ClF6N11O. The predicted molar refractivity (Wildman–Crippen MR) is 142 cm³/mol. The molecule has 0 fully saturated rings. The smallest absolute Gasteiger partial charge is 0.433 e. The Morgan fingerprint density at radius 2 is 1.80 bits per heavy atom. The Morgan fingerprint density at radius 1 is 0.978 bits per heavy atom. The van der Waals surface area contributed by atoms with Gasteiger partial charge in [0, 0.05) is 24.9 Å². The Bertz CT molecular complexity index is 1960. The zero-order valence-corrected chi connectivity index (χ0v) is 23.0. The lowest BCUT2D eigenvalue weighted by Gasteiger charge is -2.18. The van der Waals surface area contributed by atoms with Gasteiger partial charge in [-0.05, 0) is 40.3 Å². The first-order valence-corrected chi connectivity index (χ1v) is 13.1. The van der Waals surface area contributed by atoms with E-state index in [0.717, 1.165) is 24.8 Å². The summed E-state index contributed by atoms with van der Waals surface area (Å²) >= 11 is 6.04. The minimum atomic E-state index is -4.67. The average Bonchev–Trinajstić information content (AvgIpc) is 3.79. The number of pyridine rings is 2. The first kappa shape index (κ1) is 29.7. The van der Waals surface area contributed by atoms with Crippen LogP contribution in [-0.2, 0) is 12.6 Å². The average molecular weight is 648 g/mol. The summed E-state index contributed by atoms with van der Waals surface area (Å²) in [6.07, 6.45) is 2.05. The number of halogens is 7. The van der Waals surface area contributed by atoms with Crippen molar-refractivity contribution in [3.63, 3.8) is 0 Å². The van der Waals surface area contributed by atoms with Gasteiger partial charge in [0.2, 0.25) is 5.69 Å². The molecule has 45 heavy (non-hydrogen) atoms. The second-order valence-electron chi connectivity index (χ2n) is 9.46. The van der Waals surface area contributed by atoms with Crippen molar-refractivity contribution in [1.29, 1.82) is 0 Å². The summed E-state index contributed by atoms with van der Waals surface area (Å²) in [6.45, 7) is -3.00. The van der Waals surface area contributed by atoms with Gasteiger partial charge < -0.3 is 5.21 Å². The Hall–Kier alpha value is -5.39. The third kappa shape index (κ3) is 5.78. The van der Waals surface area contributed by atoms with Gasteiger partial charge in [0.25, 0.3) is 0 Å². The molecule has 0 aliphatic rings. The van der Waals surface area contributed by atoms with Crippen molar-refractivity contribution in [3.8, 4) is 28.2 Å². The summed E-state index contributed by atoms with van der Waals surface area (Å²) in [5.74, 6) is -1.05. The SMILES string of the molecule is [O-][n+]1cc(-c2c(-n3cnnn3)ccc(Cl)c2F)ccc1[C@H](Cc1ccc(C(F)(F)F)nc1)n1cc(-c2ncnn2C(F)F)cn1. The Labute approximate surface area is 252 Å². The maximum Gasteiger partial charge on any atom is 0.433 e. The van der Waals surface area contributed by atoms with Crippen LogP contribution in [0.4, 0.5) is 26.3 Å². The summed E-state index contributed by atoms with van der Waals surface area (Å²) < 4.78 is 84.8. The second-order valence-corrected chi connectivity index (χ2v) is 9.87. The number of aromatic nitrogens is 11. The van der Waals surface area contributed by atoms with Gasteiger partial charge in [-0.3, -0.25) is 9.67 Å². The maximum atomic E-state index is 15.3. The fraction of sp³-hybridized carbons (Fsp3) is 0.154. The molecule has 230 valence electrons. The number of benzene rings is 1. The van der Waals surface area contributed by atoms with Crippen molar-refractivity contribution < 1.29 is 31.1 Å². The van der Waals surface area contributed by atoms with E-state index in [2.05, 4.69) is 35.7 Å². The molecule has 0 aliphatic carbocycles. The van der Waals surface area contributed by atoms with Crippen LogP contribution in [-0.4, -0.2) is 49.7 Å². The molecule has 0 spiro atoms. The number of tetrazole rings is 1. The minimum absolute atomic E-state index is 0.0232. The molecule has 0 bridgehead atoms. The van der Waals surface area contributed by atoms with Crippen LogP contribution in [0.1, 0.15) is 29.5 Å². The van der Waals surface area contributed by atoms with Gasteiger partial charge in [-0.2, -0.15) is 46.2 Å². The molecule has 5 heterocycles. The summed E-state index contributed by atoms with van der Waals surface area (Å²) in [4.78, 5) is 7.33. The molecule has 1 aromatic carbocycles. The molecule has 0 N–H and O–H groups in total. The number of rotatable bonds is 8. The lowest BCUT2D eigenvalue weighted by atomic mass is 10.0. The molecule has 19 heteroatoms.